The van der Waals surface area contributed by atoms with E-state index in [2.05, 4.69) is 24.5 Å². The fourth-order valence-electron chi connectivity index (χ4n) is 1.54. The largest absolute Gasteiger partial charge is 0.394 e. The first-order valence-electron chi connectivity index (χ1n) is 5.25. The van der Waals surface area contributed by atoms with Gasteiger partial charge in [-0.25, -0.2) is 0 Å². The Labute approximate surface area is 85.1 Å². The fourth-order valence-corrected chi connectivity index (χ4v) is 1.54. The van der Waals surface area contributed by atoms with Crippen LogP contribution in [0.4, 0.5) is 0 Å². The second kappa shape index (κ2) is 5.32. The molecule has 14 heavy (non-hydrogen) atoms. The summed E-state index contributed by atoms with van der Waals surface area (Å²) in [6.45, 7) is 5.74. The smallest absolute Gasteiger partial charge is 0.225 e. The molecule has 1 aliphatic rings. The monoisotopic (exact) mass is 200 g/mol. The number of rotatable bonds is 5. The van der Waals surface area contributed by atoms with Gasteiger partial charge in [0, 0.05) is 13.1 Å². The van der Waals surface area contributed by atoms with E-state index in [9.17, 15) is 4.79 Å². The Hall–Kier alpha value is -0.610. The van der Waals surface area contributed by atoms with Crippen LogP contribution in [0.1, 0.15) is 20.3 Å². The molecule has 1 saturated heterocycles. The predicted octanol–water partition coefficient (Wildman–Crippen LogP) is -0.271. The number of amides is 1. The molecule has 0 spiro atoms. The van der Waals surface area contributed by atoms with Crippen molar-refractivity contribution in [3.05, 3.63) is 0 Å². The van der Waals surface area contributed by atoms with Crippen molar-refractivity contribution in [1.29, 1.82) is 0 Å². The highest BCUT2D eigenvalue weighted by Crippen LogP contribution is 2.07. The molecule has 1 heterocycles. The predicted molar refractivity (Wildman–Crippen MR) is 54.8 cm³/mol. The summed E-state index contributed by atoms with van der Waals surface area (Å²) in [5.41, 5.74) is 0. The van der Waals surface area contributed by atoms with Gasteiger partial charge in [0.05, 0.1) is 18.6 Å². The summed E-state index contributed by atoms with van der Waals surface area (Å²) in [7, 11) is 0. The molecule has 0 saturated carbocycles. The average molecular weight is 200 g/mol. The van der Waals surface area contributed by atoms with Crippen LogP contribution in [0.15, 0.2) is 0 Å². The molecular formula is C10H20N2O2. The number of carbonyl (C=O) groups is 1. The van der Waals surface area contributed by atoms with Crippen molar-refractivity contribution in [2.45, 2.75) is 26.3 Å². The van der Waals surface area contributed by atoms with Crippen LogP contribution >= 0.6 is 0 Å². The van der Waals surface area contributed by atoms with Gasteiger partial charge in [0.2, 0.25) is 5.91 Å². The summed E-state index contributed by atoms with van der Waals surface area (Å²) in [5.74, 6) is 0.673. The van der Waals surface area contributed by atoms with E-state index in [-0.39, 0.29) is 24.5 Å². The molecule has 1 aliphatic heterocycles. The van der Waals surface area contributed by atoms with Crippen LogP contribution < -0.4 is 10.6 Å². The molecule has 3 N–H and O–H groups in total. The third-order valence-electron chi connectivity index (χ3n) is 2.47. The van der Waals surface area contributed by atoms with Gasteiger partial charge in [-0.05, 0) is 12.3 Å². The topological polar surface area (TPSA) is 61.4 Å². The van der Waals surface area contributed by atoms with Crippen molar-refractivity contribution in [1.82, 2.24) is 10.6 Å². The summed E-state index contributed by atoms with van der Waals surface area (Å²) in [4.78, 5) is 11.5. The van der Waals surface area contributed by atoms with Gasteiger partial charge in [0.25, 0.3) is 0 Å². The second-order valence-corrected chi connectivity index (χ2v) is 4.37. The number of hydrogen-bond acceptors (Lipinski definition) is 3. The highest BCUT2D eigenvalue weighted by atomic mass is 16.3. The van der Waals surface area contributed by atoms with Crippen LogP contribution in [0.5, 0.6) is 0 Å². The van der Waals surface area contributed by atoms with E-state index in [1.165, 1.54) is 0 Å². The Morgan fingerprint density at radius 3 is 2.57 bits per heavy atom. The number of aliphatic hydroxyl groups excluding tert-OH is 1. The van der Waals surface area contributed by atoms with Gasteiger partial charge in [0.1, 0.15) is 0 Å². The Balaban J connectivity index is 2.27. The van der Waals surface area contributed by atoms with E-state index in [4.69, 9.17) is 5.11 Å². The molecule has 1 unspecified atom stereocenters. The van der Waals surface area contributed by atoms with Crippen molar-refractivity contribution in [2.24, 2.45) is 11.8 Å². The number of nitrogens with one attached hydrogen (secondary N) is 2. The van der Waals surface area contributed by atoms with E-state index in [0.717, 1.165) is 19.5 Å². The van der Waals surface area contributed by atoms with Gasteiger partial charge in [-0.2, -0.15) is 0 Å². The van der Waals surface area contributed by atoms with Crippen LogP contribution in [0.3, 0.4) is 0 Å². The van der Waals surface area contributed by atoms with Crippen molar-refractivity contribution in [2.75, 3.05) is 19.7 Å². The summed E-state index contributed by atoms with van der Waals surface area (Å²) in [6.07, 6.45) is 0.836. The zero-order chi connectivity index (χ0) is 10.6. The lowest BCUT2D eigenvalue weighted by Crippen LogP contribution is -2.53. The summed E-state index contributed by atoms with van der Waals surface area (Å²) in [6, 6.07) is -0.0805. The molecule has 82 valence electrons. The molecular weight excluding hydrogens is 180 g/mol. The minimum atomic E-state index is -0.0805. The van der Waals surface area contributed by atoms with Gasteiger partial charge >= 0.3 is 0 Å². The molecule has 4 nitrogen and oxygen atoms in total. The molecule has 1 amide bonds. The zero-order valence-corrected chi connectivity index (χ0v) is 8.92. The average Bonchev–Trinajstić information content (AvgIpc) is 1.98. The Kier molecular flexibility index (Phi) is 4.35. The van der Waals surface area contributed by atoms with Gasteiger partial charge in [-0.15, -0.1) is 0 Å². The molecule has 0 bridgehead atoms. The molecule has 0 aliphatic carbocycles. The molecule has 0 aromatic carbocycles. The number of carbonyl (C=O) groups excluding carboxylic acids is 1. The van der Waals surface area contributed by atoms with E-state index < -0.39 is 0 Å². The minimum absolute atomic E-state index is 0.0318. The third kappa shape index (κ3) is 3.27. The molecule has 1 rings (SSSR count). The second-order valence-electron chi connectivity index (χ2n) is 4.37. The maximum atomic E-state index is 11.5. The number of hydrogen-bond donors (Lipinski definition) is 3. The summed E-state index contributed by atoms with van der Waals surface area (Å²) >= 11 is 0. The van der Waals surface area contributed by atoms with Gasteiger partial charge < -0.3 is 15.7 Å². The van der Waals surface area contributed by atoms with Gasteiger partial charge in [-0.1, -0.05) is 13.8 Å². The summed E-state index contributed by atoms with van der Waals surface area (Å²) < 4.78 is 0. The lowest BCUT2D eigenvalue weighted by atomic mass is 10.00. The molecule has 1 fully saturated rings. The molecule has 1 atom stereocenters. The van der Waals surface area contributed by atoms with Crippen LogP contribution in [-0.2, 0) is 4.79 Å². The first-order valence-corrected chi connectivity index (χ1v) is 5.25. The van der Waals surface area contributed by atoms with Crippen LogP contribution in [-0.4, -0.2) is 36.8 Å². The van der Waals surface area contributed by atoms with E-state index in [0.29, 0.717) is 5.92 Å². The standard InChI is InChI=1S/C10H20N2O2/c1-7(2)3-9(6-13)12-10(14)8-4-11-5-8/h7-9,11,13H,3-6H2,1-2H3,(H,12,14). The highest BCUT2D eigenvalue weighted by Gasteiger charge is 2.26. The molecule has 0 aromatic rings. The van der Waals surface area contributed by atoms with Gasteiger partial charge in [0.15, 0.2) is 0 Å². The maximum Gasteiger partial charge on any atom is 0.225 e. The fraction of sp³-hybridized carbons (Fsp3) is 0.900. The van der Waals surface area contributed by atoms with Crippen LogP contribution in [0.25, 0.3) is 0 Å². The van der Waals surface area contributed by atoms with Crippen LogP contribution in [0, 0.1) is 11.8 Å². The molecule has 4 heteroatoms. The SMILES string of the molecule is CC(C)CC(CO)NC(=O)C1CNC1. The highest BCUT2D eigenvalue weighted by molar-refractivity contribution is 5.80. The van der Waals surface area contributed by atoms with Crippen LogP contribution in [0.2, 0.25) is 0 Å². The summed E-state index contributed by atoms with van der Waals surface area (Å²) in [5, 5.41) is 15.0. The van der Waals surface area contributed by atoms with E-state index >= 15 is 0 Å². The number of aliphatic hydroxyl groups is 1. The maximum absolute atomic E-state index is 11.5. The Bertz CT molecular complexity index is 191. The first-order chi connectivity index (χ1) is 6.63. The van der Waals surface area contributed by atoms with Crippen molar-refractivity contribution in [3.8, 4) is 0 Å². The van der Waals surface area contributed by atoms with Gasteiger partial charge in [-0.3, -0.25) is 4.79 Å². The molecule has 0 radical (unpaired) electrons. The van der Waals surface area contributed by atoms with Crippen molar-refractivity contribution in [3.63, 3.8) is 0 Å². The lowest BCUT2D eigenvalue weighted by molar-refractivity contribution is -0.127. The quantitative estimate of drug-likeness (QED) is 0.572. The van der Waals surface area contributed by atoms with E-state index in [1.54, 1.807) is 0 Å². The van der Waals surface area contributed by atoms with E-state index in [1.807, 2.05) is 0 Å². The third-order valence-corrected chi connectivity index (χ3v) is 2.47. The minimum Gasteiger partial charge on any atom is -0.394 e. The molecule has 0 aromatic heterocycles. The Morgan fingerprint density at radius 2 is 2.21 bits per heavy atom. The zero-order valence-electron chi connectivity index (χ0n) is 8.92. The van der Waals surface area contributed by atoms with Crippen molar-refractivity contribution >= 4 is 5.91 Å². The first kappa shape index (κ1) is 11.5. The van der Waals surface area contributed by atoms with Crippen molar-refractivity contribution < 1.29 is 9.90 Å². The normalized spacial score (nSPS) is 19.1. The Morgan fingerprint density at radius 1 is 1.57 bits per heavy atom. The lowest BCUT2D eigenvalue weighted by Gasteiger charge is -2.28.